The lowest BCUT2D eigenvalue weighted by Gasteiger charge is -2.27. The van der Waals surface area contributed by atoms with Gasteiger partial charge in [0, 0.05) is 0 Å². The summed E-state index contributed by atoms with van der Waals surface area (Å²) in [5.74, 6) is 0.309. The molecule has 0 fully saturated rings. The first-order valence-corrected chi connectivity index (χ1v) is 6.03. The van der Waals surface area contributed by atoms with Crippen LogP contribution in [0.15, 0.2) is 18.2 Å². The van der Waals surface area contributed by atoms with Crippen LogP contribution in [0.4, 0.5) is 0 Å². The first-order valence-electron chi connectivity index (χ1n) is 6.03. The summed E-state index contributed by atoms with van der Waals surface area (Å²) in [5.41, 5.74) is 0.875. The highest BCUT2D eigenvalue weighted by molar-refractivity contribution is 5.97. The first-order chi connectivity index (χ1) is 8.45. The molecule has 1 amide bonds. The highest BCUT2D eigenvalue weighted by Crippen LogP contribution is 2.20. The van der Waals surface area contributed by atoms with Gasteiger partial charge in [0.2, 0.25) is 0 Å². The maximum absolute atomic E-state index is 12.2. The molecule has 100 valence electrons. The fraction of sp³-hybridized carbons (Fsp3) is 0.500. The molecule has 4 nitrogen and oxygen atoms in total. The van der Waals surface area contributed by atoms with Crippen LogP contribution < -0.4 is 10.1 Å². The third-order valence-corrected chi connectivity index (χ3v) is 3.14. The maximum Gasteiger partial charge on any atom is 0.255 e. The summed E-state index contributed by atoms with van der Waals surface area (Å²) < 4.78 is 5.18. The normalized spacial score (nSPS) is 13.8. The molecule has 0 saturated carbocycles. The van der Waals surface area contributed by atoms with Crippen LogP contribution >= 0.6 is 0 Å². The molecule has 0 saturated heterocycles. The molecule has 1 aromatic carbocycles. The number of hydrogen-bond donors (Lipinski definition) is 2. The van der Waals surface area contributed by atoms with E-state index in [1.54, 1.807) is 12.1 Å². The Kier molecular flexibility index (Phi) is 4.73. The lowest BCUT2D eigenvalue weighted by Crippen LogP contribution is -2.48. The van der Waals surface area contributed by atoms with Gasteiger partial charge in [0.25, 0.3) is 5.91 Å². The number of aliphatic hydroxyl groups is 1. The molecule has 1 aromatic rings. The van der Waals surface area contributed by atoms with E-state index in [9.17, 15) is 9.90 Å². The van der Waals surface area contributed by atoms with Gasteiger partial charge in [-0.3, -0.25) is 4.79 Å². The number of methoxy groups -OCH3 is 1. The zero-order valence-electron chi connectivity index (χ0n) is 11.4. The van der Waals surface area contributed by atoms with E-state index in [0.29, 0.717) is 17.7 Å². The Balaban J connectivity index is 3.00. The Labute approximate surface area is 108 Å². The van der Waals surface area contributed by atoms with Crippen molar-refractivity contribution in [3.63, 3.8) is 0 Å². The number of amides is 1. The number of nitrogens with one attached hydrogen (secondary N) is 1. The second-order valence-corrected chi connectivity index (χ2v) is 4.73. The minimum absolute atomic E-state index is 0.0939. The Morgan fingerprint density at radius 3 is 2.67 bits per heavy atom. The molecule has 18 heavy (non-hydrogen) atoms. The van der Waals surface area contributed by atoms with Gasteiger partial charge in [0.15, 0.2) is 0 Å². The molecule has 0 spiro atoms. The molecule has 1 atom stereocenters. The third kappa shape index (κ3) is 3.23. The Hall–Kier alpha value is -1.55. The number of aliphatic hydroxyl groups excluding tert-OH is 1. The number of aryl methyl sites for hydroxylation is 1. The monoisotopic (exact) mass is 251 g/mol. The number of benzene rings is 1. The maximum atomic E-state index is 12.2. The van der Waals surface area contributed by atoms with Gasteiger partial charge in [-0.1, -0.05) is 18.6 Å². The quantitative estimate of drug-likeness (QED) is 0.840. The summed E-state index contributed by atoms with van der Waals surface area (Å²) in [5, 5.41) is 12.2. The molecule has 0 aliphatic rings. The van der Waals surface area contributed by atoms with Gasteiger partial charge in [-0.05, 0) is 32.4 Å². The van der Waals surface area contributed by atoms with Gasteiger partial charge in [-0.25, -0.2) is 0 Å². The van der Waals surface area contributed by atoms with Crippen molar-refractivity contribution in [1.29, 1.82) is 0 Å². The van der Waals surface area contributed by atoms with E-state index in [-0.39, 0.29) is 12.5 Å². The molecule has 2 N–H and O–H groups in total. The topological polar surface area (TPSA) is 58.6 Å². The van der Waals surface area contributed by atoms with Gasteiger partial charge < -0.3 is 15.2 Å². The molecule has 0 heterocycles. The summed E-state index contributed by atoms with van der Waals surface area (Å²) in [6.07, 6.45) is 0.656. The predicted octanol–water partition coefficient (Wildman–Crippen LogP) is 1.89. The van der Waals surface area contributed by atoms with Crippen LogP contribution in [0, 0.1) is 6.92 Å². The standard InChI is InChI=1S/C14H21NO3/c1-5-14(3,9-16)15-13(17)11-8-10(2)6-7-12(11)18-4/h6-8,16H,5,9H2,1-4H3,(H,15,17). The average molecular weight is 251 g/mol. The molecule has 0 aromatic heterocycles. The van der Waals surface area contributed by atoms with Crippen molar-refractivity contribution in [3.8, 4) is 5.75 Å². The predicted molar refractivity (Wildman–Crippen MR) is 71.0 cm³/mol. The minimum atomic E-state index is -0.605. The van der Waals surface area contributed by atoms with E-state index >= 15 is 0 Å². The minimum Gasteiger partial charge on any atom is -0.496 e. The van der Waals surface area contributed by atoms with Crippen molar-refractivity contribution in [2.75, 3.05) is 13.7 Å². The highest BCUT2D eigenvalue weighted by Gasteiger charge is 2.25. The fourth-order valence-corrected chi connectivity index (χ4v) is 1.58. The highest BCUT2D eigenvalue weighted by atomic mass is 16.5. The smallest absolute Gasteiger partial charge is 0.255 e. The Bertz CT molecular complexity index is 425. The number of rotatable bonds is 5. The van der Waals surface area contributed by atoms with E-state index in [4.69, 9.17) is 4.74 Å². The van der Waals surface area contributed by atoms with Gasteiger partial charge in [0.1, 0.15) is 5.75 Å². The van der Waals surface area contributed by atoms with E-state index in [0.717, 1.165) is 5.56 Å². The summed E-state index contributed by atoms with van der Waals surface area (Å²) >= 11 is 0. The Morgan fingerprint density at radius 1 is 1.50 bits per heavy atom. The molecule has 0 aliphatic carbocycles. The molecule has 0 radical (unpaired) electrons. The third-order valence-electron chi connectivity index (χ3n) is 3.14. The molecule has 0 bridgehead atoms. The fourth-order valence-electron chi connectivity index (χ4n) is 1.58. The summed E-state index contributed by atoms with van der Waals surface area (Å²) in [6.45, 7) is 5.56. The van der Waals surface area contributed by atoms with Crippen LogP contribution in [0.2, 0.25) is 0 Å². The van der Waals surface area contributed by atoms with Crippen LogP contribution in [0.3, 0.4) is 0 Å². The molecular weight excluding hydrogens is 230 g/mol. The van der Waals surface area contributed by atoms with Crippen molar-refractivity contribution in [2.45, 2.75) is 32.7 Å². The summed E-state index contributed by atoms with van der Waals surface area (Å²) in [4.78, 5) is 12.2. The summed E-state index contributed by atoms with van der Waals surface area (Å²) in [7, 11) is 1.53. The first kappa shape index (κ1) is 14.5. The van der Waals surface area contributed by atoms with Crippen LogP contribution in [-0.2, 0) is 0 Å². The van der Waals surface area contributed by atoms with Gasteiger partial charge >= 0.3 is 0 Å². The second-order valence-electron chi connectivity index (χ2n) is 4.73. The van der Waals surface area contributed by atoms with Crippen molar-refractivity contribution < 1.29 is 14.6 Å². The second kappa shape index (κ2) is 5.87. The van der Waals surface area contributed by atoms with Gasteiger partial charge in [-0.2, -0.15) is 0 Å². The molecule has 1 rings (SSSR count). The lowest BCUT2D eigenvalue weighted by atomic mass is 9.99. The lowest BCUT2D eigenvalue weighted by molar-refractivity contribution is 0.0844. The van der Waals surface area contributed by atoms with Crippen molar-refractivity contribution in [2.24, 2.45) is 0 Å². The number of ether oxygens (including phenoxy) is 1. The summed E-state index contributed by atoms with van der Waals surface area (Å²) in [6, 6.07) is 5.44. The van der Waals surface area contributed by atoms with Crippen molar-refractivity contribution >= 4 is 5.91 Å². The molecular formula is C14H21NO3. The number of carbonyl (C=O) groups is 1. The van der Waals surface area contributed by atoms with E-state index in [1.807, 2.05) is 26.8 Å². The molecule has 0 aliphatic heterocycles. The van der Waals surface area contributed by atoms with Crippen LogP contribution in [0.1, 0.15) is 36.2 Å². The van der Waals surface area contributed by atoms with Crippen molar-refractivity contribution in [1.82, 2.24) is 5.32 Å². The van der Waals surface area contributed by atoms with E-state index < -0.39 is 5.54 Å². The largest absolute Gasteiger partial charge is 0.496 e. The van der Waals surface area contributed by atoms with Crippen LogP contribution in [-0.4, -0.2) is 30.3 Å². The van der Waals surface area contributed by atoms with Crippen LogP contribution in [0.25, 0.3) is 0 Å². The molecule has 1 unspecified atom stereocenters. The van der Waals surface area contributed by atoms with Crippen molar-refractivity contribution in [3.05, 3.63) is 29.3 Å². The van der Waals surface area contributed by atoms with Crippen LogP contribution in [0.5, 0.6) is 5.75 Å². The van der Waals surface area contributed by atoms with Gasteiger partial charge in [0.05, 0.1) is 24.8 Å². The zero-order valence-corrected chi connectivity index (χ0v) is 11.4. The number of hydrogen-bond acceptors (Lipinski definition) is 3. The van der Waals surface area contributed by atoms with E-state index in [1.165, 1.54) is 7.11 Å². The molecule has 4 heteroatoms. The average Bonchev–Trinajstić information content (AvgIpc) is 2.38. The van der Waals surface area contributed by atoms with E-state index in [2.05, 4.69) is 5.32 Å². The number of carbonyl (C=O) groups excluding carboxylic acids is 1. The van der Waals surface area contributed by atoms with Gasteiger partial charge in [-0.15, -0.1) is 0 Å². The Morgan fingerprint density at radius 2 is 2.17 bits per heavy atom. The zero-order chi connectivity index (χ0) is 13.8. The SMILES string of the molecule is CCC(C)(CO)NC(=O)c1cc(C)ccc1OC.